The summed E-state index contributed by atoms with van der Waals surface area (Å²) in [5.74, 6) is 0.0602. The Kier molecular flexibility index (Phi) is 5.78. The van der Waals surface area contributed by atoms with E-state index in [4.69, 9.17) is 0 Å². The third kappa shape index (κ3) is 4.59. The van der Waals surface area contributed by atoms with Crippen LogP contribution in [0.1, 0.15) is 38.2 Å². The fourth-order valence-corrected chi connectivity index (χ4v) is 2.67. The molecule has 1 aliphatic rings. The highest BCUT2D eigenvalue weighted by molar-refractivity contribution is 5.89. The average Bonchev–Trinajstić information content (AvgIpc) is 2.65. The number of hydrogen-bond donors (Lipinski definition) is 1. The van der Waals surface area contributed by atoms with Crippen LogP contribution in [0.15, 0.2) is 30.3 Å². The van der Waals surface area contributed by atoms with Crippen LogP contribution in [-0.4, -0.2) is 35.8 Å². The van der Waals surface area contributed by atoms with Gasteiger partial charge in [0.1, 0.15) is 6.04 Å². The molecule has 1 aromatic carbocycles. The lowest BCUT2D eigenvalue weighted by Crippen LogP contribution is -2.44. The van der Waals surface area contributed by atoms with Crippen molar-refractivity contribution in [3.05, 3.63) is 35.9 Å². The number of carbonyl (C=O) groups is 2. The van der Waals surface area contributed by atoms with Crippen LogP contribution in [0.5, 0.6) is 0 Å². The van der Waals surface area contributed by atoms with E-state index in [1.165, 1.54) is 5.56 Å². The molecule has 0 spiro atoms. The van der Waals surface area contributed by atoms with Crippen molar-refractivity contribution in [1.29, 1.82) is 0 Å². The van der Waals surface area contributed by atoms with Gasteiger partial charge in [0.2, 0.25) is 11.8 Å². The maximum atomic E-state index is 12.3. The number of nitrogens with zero attached hydrogens (tertiary/aromatic N) is 1. The van der Waals surface area contributed by atoms with Gasteiger partial charge in [-0.3, -0.25) is 9.59 Å². The smallest absolute Gasteiger partial charge is 0.245 e. The predicted molar refractivity (Wildman–Crippen MR) is 82.8 cm³/mol. The fraction of sp³-hybridized carbons (Fsp3) is 0.529. The Morgan fingerprint density at radius 3 is 2.67 bits per heavy atom. The van der Waals surface area contributed by atoms with Gasteiger partial charge in [-0.2, -0.15) is 0 Å². The number of benzene rings is 1. The van der Waals surface area contributed by atoms with Crippen LogP contribution < -0.4 is 5.32 Å². The molecule has 1 saturated heterocycles. The van der Waals surface area contributed by atoms with Crippen molar-refractivity contribution in [2.75, 3.05) is 13.1 Å². The zero-order valence-corrected chi connectivity index (χ0v) is 12.7. The van der Waals surface area contributed by atoms with Gasteiger partial charge in [-0.1, -0.05) is 37.3 Å². The highest BCUT2D eigenvalue weighted by Gasteiger charge is 2.27. The standard InChI is InChI=1S/C17H24N2O2/c1-2-15-17(21)19(13-11-16(20)18-15)12-7-6-10-14-8-4-3-5-9-14/h3-5,8-9,15H,2,6-7,10-13H2,1H3,(H,18,20). The minimum absolute atomic E-state index is 0.0121. The van der Waals surface area contributed by atoms with Crippen molar-refractivity contribution >= 4 is 11.8 Å². The van der Waals surface area contributed by atoms with Gasteiger partial charge in [0.05, 0.1) is 0 Å². The highest BCUT2D eigenvalue weighted by Crippen LogP contribution is 2.10. The van der Waals surface area contributed by atoms with E-state index in [9.17, 15) is 9.59 Å². The van der Waals surface area contributed by atoms with Crippen LogP contribution in [-0.2, 0) is 16.0 Å². The molecule has 0 saturated carbocycles. The lowest BCUT2D eigenvalue weighted by atomic mass is 10.1. The molecule has 1 aliphatic heterocycles. The summed E-state index contributed by atoms with van der Waals surface area (Å²) in [5, 5.41) is 2.79. The van der Waals surface area contributed by atoms with Gasteiger partial charge >= 0.3 is 0 Å². The molecular formula is C17H24N2O2. The molecule has 1 fully saturated rings. The Bertz CT molecular complexity index is 473. The summed E-state index contributed by atoms with van der Waals surface area (Å²) < 4.78 is 0. The van der Waals surface area contributed by atoms with Crippen LogP contribution >= 0.6 is 0 Å². The van der Waals surface area contributed by atoms with Gasteiger partial charge in [-0.15, -0.1) is 0 Å². The largest absolute Gasteiger partial charge is 0.344 e. The first-order chi connectivity index (χ1) is 10.2. The predicted octanol–water partition coefficient (Wildman–Crippen LogP) is 2.14. The molecule has 1 atom stereocenters. The molecule has 2 amide bonds. The fourth-order valence-electron chi connectivity index (χ4n) is 2.67. The second kappa shape index (κ2) is 7.81. The Labute approximate surface area is 126 Å². The van der Waals surface area contributed by atoms with E-state index in [0.717, 1.165) is 25.8 Å². The van der Waals surface area contributed by atoms with E-state index < -0.39 is 0 Å². The van der Waals surface area contributed by atoms with Crippen molar-refractivity contribution in [2.45, 2.75) is 45.1 Å². The monoisotopic (exact) mass is 288 g/mol. The van der Waals surface area contributed by atoms with Gasteiger partial charge in [0.15, 0.2) is 0 Å². The summed E-state index contributed by atoms with van der Waals surface area (Å²) in [6.45, 7) is 3.23. The third-order valence-electron chi connectivity index (χ3n) is 3.95. The number of hydrogen-bond acceptors (Lipinski definition) is 2. The third-order valence-corrected chi connectivity index (χ3v) is 3.95. The topological polar surface area (TPSA) is 49.4 Å². The van der Waals surface area contributed by atoms with Crippen LogP contribution in [0, 0.1) is 0 Å². The molecule has 4 nitrogen and oxygen atoms in total. The number of rotatable bonds is 6. The van der Waals surface area contributed by atoms with Gasteiger partial charge in [-0.05, 0) is 31.2 Å². The summed E-state index contributed by atoms with van der Waals surface area (Å²) in [6.07, 6.45) is 4.15. The second-order valence-corrected chi connectivity index (χ2v) is 5.55. The molecule has 4 heteroatoms. The maximum Gasteiger partial charge on any atom is 0.245 e. The first kappa shape index (κ1) is 15.5. The second-order valence-electron chi connectivity index (χ2n) is 5.55. The summed E-state index contributed by atoms with van der Waals surface area (Å²) in [6, 6.07) is 10.1. The average molecular weight is 288 g/mol. The van der Waals surface area contributed by atoms with Gasteiger partial charge in [0, 0.05) is 19.5 Å². The van der Waals surface area contributed by atoms with E-state index >= 15 is 0 Å². The number of aryl methyl sites for hydroxylation is 1. The molecule has 114 valence electrons. The van der Waals surface area contributed by atoms with Crippen molar-refractivity contribution in [2.24, 2.45) is 0 Å². The van der Waals surface area contributed by atoms with Crippen LogP contribution in [0.3, 0.4) is 0 Å². The van der Waals surface area contributed by atoms with Gasteiger partial charge < -0.3 is 10.2 Å². The number of carbonyl (C=O) groups excluding carboxylic acids is 2. The Morgan fingerprint density at radius 1 is 1.19 bits per heavy atom. The number of unbranched alkanes of at least 4 members (excludes halogenated alkanes) is 1. The molecule has 1 unspecified atom stereocenters. The molecule has 21 heavy (non-hydrogen) atoms. The van der Waals surface area contributed by atoms with Crippen LogP contribution in [0.4, 0.5) is 0 Å². The van der Waals surface area contributed by atoms with Crippen LogP contribution in [0.25, 0.3) is 0 Å². The zero-order chi connectivity index (χ0) is 15.1. The van der Waals surface area contributed by atoms with Crippen molar-refractivity contribution in [3.63, 3.8) is 0 Å². The van der Waals surface area contributed by atoms with Gasteiger partial charge in [0.25, 0.3) is 0 Å². The van der Waals surface area contributed by atoms with Crippen molar-refractivity contribution in [1.82, 2.24) is 10.2 Å². The van der Waals surface area contributed by atoms with Crippen LogP contribution in [0.2, 0.25) is 0 Å². The molecule has 1 heterocycles. The Hall–Kier alpha value is -1.84. The zero-order valence-electron chi connectivity index (χ0n) is 12.7. The first-order valence-electron chi connectivity index (χ1n) is 7.82. The lowest BCUT2D eigenvalue weighted by molar-refractivity contribution is -0.133. The Morgan fingerprint density at radius 2 is 1.95 bits per heavy atom. The molecular weight excluding hydrogens is 264 g/mol. The molecule has 0 bridgehead atoms. The summed E-state index contributed by atoms with van der Waals surface area (Å²) >= 11 is 0. The van der Waals surface area contributed by atoms with E-state index in [-0.39, 0.29) is 17.9 Å². The molecule has 2 rings (SSSR count). The highest BCUT2D eigenvalue weighted by atomic mass is 16.2. The van der Waals surface area contributed by atoms with Crippen molar-refractivity contribution < 1.29 is 9.59 Å². The summed E-state index contributed by atoms with van der Waals surface area (Å²) in [4.78, 5) is 25.7. The number of amides is 2. The normalized spacial score (nSPS) is 19.3. The summed E-state index contributed by atoms with van der Waals surface area (Å²) in [5.41, 5.74) is 1.34. The first-order valence-corrected chi connectivity index (χ1v) is 7.82. The Balaban J connectivity index is 1.78. The molecule has 1 N–H and O–H groups in total. The van der Waals surface area contributed by atoms with E-state index in [1.807, 2.05) is 17.9 Å². The number of nitrogens with one attached hydrogen (secondary N) is 1. The molecule has 0 aromatic heterocycles. The minimum atomic E-state index is -0.339. The van der Waals surface area contributed by atoms with Crippen molar-refractivity contribution in [3.8, 4) is 0 Å². The van der Waals surface area contributed by atoms with E-state index in [1.54, 1.807) is 0 Å². The molecule has 0 aliphatic carbocycles. The van der Waals surface area contributed by atoms with Gasteiger partial charge in [-0.25, -0.2) is 0 Å². The summed E-state index contributed by atoms with van der Waals surface area (Å²) in [7, 11) is 0. The maximum absolute atomic E-state index is 12.3. The lowest BCUT2D eigenvalue weighted by Gasteiger charge is -2.23. The quantitative estimate of drug-likeness (QED) is 0.815. The van der Waals surface area contributed by atoms with E-state index in [2.05, 4.69) is 29.6 Å². The minimum Gasteiger partial charge on any atom is -0.344 e. The molecule has 0 radical (unpaired) electrons. The molecule has 1 aromatic rings. The van der Waals surface area contributed by atoms with E-state index in [0.29, 0.717) is 19.4 Å². The SMILES string of the molecule is CCC1NC(=O)CCN(CCCCc2ccccc2)C1=O.